The number of hydrogen-bond donors (Lipinski definition) is 3. The van der Waals surface area contributed by atoms with Gasteiger partial charge >= 0.3 is 0 Å². The van der Waals surface area contributed by atoms with Crippen molar-refractivity contribution in [1.82, 2.24) is 34.9 Å². The average Bonchev–Trinajstić information content (AvgIpc) is 3.94. The minimum absolute atomic E-state index is 0.154. The number of amides is 3. The average molecular weight is 1000 g/mol. The topological polar surface area (TPSA) is 170 Å². The minimum Gasteiger partial charge on any atom is -0.494 e. The number of aryl methyl sites for hydroxylation is 1. The molecule has 0 aliphatic carbocycles. The van der Waals surface area contributed by atoms with Crippen LogP contribution in [0.2, 0.25) is 5.02 Å². The minimum atomic E-state index is -2.87. The van der Waals surface area contributed by atoms with E-state index in [0.29, 0.717) is 63.8 Å². The first-order valence-corrected chi connectivity index (χ1v) is 26.9. The van der Waals surface area contributed by atoms with Crippen molar-refractivity contribution in [3.8, 4) is 28.0 Å². The number of ether oxygens (including phenoxy) is 1. The van der Waals surface area contributed by atoms with Gasteiger partial charge < -0.3 is 34.6 Å². The first kappa shape index (κ1) is 47.8. The van der Waals surface area contributed by atoms with E-state index in [2.05, 4.69) is 52.9 Å². The summed E-state index contributed by atoms with van der Waals surface area (Å²) in [5.74, 6) is 0.485. The van der Waals surface area contributed by atoms with Crippen LogP contribution < -0.4 is 35.8 Å². The van der Waals surface area contributed by atoms with Crippen LogP contribution in [-0.2, 0) is 27.7 Å². The summed E-state index contributed by atoms with van der Waals surface area (Å²) in [6.07, 6.45) is 8.00. The number of carbonyl (C=O) groups is 3. The third-order valence-corrected chi connectivity index (χ3v) is 15.9. The largest absolute Gasteiger partial charge is 0.494 e. The maximum absolute atomic E-state index is 14.8. The van der Waals surface area contributed by atoms with Crippen molar-refractivity contribution in [2.75, 3.05) is 86.7 Å². The Morgan fingerprint density at radius 2 is 1.63 bits per heavy atom. The molecule has 2 aromatic heterocycles. The summed E-state index contributed by atoms with van der Waals surface area (Å²) in [6, 6.07) is 21.3. The van der Waals surface area contributed by atoms with Crippen LogP contribution >= 0.6 is 18.7 Å². The number of anilines is 6. The molecule has 4 aliphatic heterocycles. The summed E-state index contributed by atoms with van der Waals surface area (Å²) in [6.45, 7) is 10.1. The van der Waals surface area contributed by atoms with E-state index in [0.717, 1.165) is 86.7 Å². The Hall–Kier alpha value is -6.81. The third-order valence-electron chi connectivity index (χ3n) is 14.1. The fourth-order valence-electron chi connectivity index (χ4n) is 10.3. The Morgan fingerprint density at radius 3 is 2.35 bits per heavy atom. The smallest absolute Gasteiger partial charge is 0.255 e. The molecule has 1 atom stereocenters. The van der Waals surface area contributed by atoms with Crippen LogP contribution in [0.25, 0.3) is 22.3 Å². The quantitative estimate of drug-likeness (QED) is 0.0755. The number of hydrogen-bond acceptors (Lipinski definition) is 13. The Kier molecular flexibility index (Phi) is 13.3. The molecular formula is C52H56ClFN11O5P. The molecule has 368 valence electrons. The maximum atomic E-state index is 14.8. The fraction of sp³-hybridized carbons (Fsp3) is 0.346. The zero-order valence-electron chi connectivity index (χ0n) is 40.1. The highest BCUT2D eigenvalue weighted by Gasteiger charge is 2.39. The lowest BCUT2D eigenvalue weighted by molar-refractivity contribution is -0.136. The van der Waals surface area contributed by atoms with Crippen molar-refractivity contribution in [2.45, 2.75) is 38.3 Å². The third kappa shape index (κ3) is 10.1. The van der Waals surface area contributed by atoms with Gasteiger partial charge in [0.05, 0.1) is 30.9 Å². The monoisotopic (exact) mass is 999 g/mol. The van der Waals surface area contributed by atoms with Crippen LogP contribution in [0.5, 0.6) is 5.75 Å². The Labute approximate surface area is 416 Å². The number of piperidine rings is 2. The van der Waals surface area contributed by atoms with Gasteiger partial charge in [0.2, 0.25) is 17.8 Å². The molecule has 0 radical (unpaired) electrons. The number of halogens is 2. The Morgan fingerprint density at radius 1 is 0.845 bits per heavy atom. The molecule has 16 nitrogen and oxygen atoms in total. The summed E-state index contributed by atoms with van der Waals surface area (Å²) in [4.78, 5) is 55.8. The Balaban J connectivity index is 0.796. The van der Waals surface area contributed by atoms with Gasteiger partial charge in [-0.25, -0.2) is 9.37 Å². The van der Waals surface area contributed by atoms with Gasteiger partial charge in [0.15, 0.2) is 5.82 Å². The molecule has 19 heteroatoms. The van der Waals surface area contributed by atoms with E-state index in [9.17, 15) is 23.3 Å². The zero-order valence-corrected chi connectivity index (χ0v) is 41.8. The number of nitrogens with one attached hydrogen (secondary N) is 3. The summed E-state index contributed by atoms with van der Waals surface area (Å²) in [5, 5.41) is 14.3. The predicted molar refractivity (Wildman–Crippen MR) is 276 cm³/mol. The molecule has 3 amide bonds. The van der Waals surface area contributed by atoms with Gasteiger partial charge in [0.1, 0.15) is 29.8 Å². The molecule has 3 N–H and O–H groups in total. The van der Waals surface area contributed by atoms with Crippen LogP contribution in [0.15, 0.2) is 91.4 Å². The zero-order chi connectivity index (χ0) is 49.6. The molecule has 0 bridgehead atoms. The van der Waals surface area contributed by atoms with Crippen molar-refractivity contribution < 1.29 is 28.1 Å². The lowest BCUT2D eigenvalue weighted by Crippen LogP contribution is -2.52. The number of carbonyl (C=O) groups excluding carboxylic acids is 3. The second-order valence-electron chi connectivity index (χ2n) is 19.1. The van der Waals surface area contributed by atoms with E-state index in [1.165, 1.54) is 12.3 Å². The highest BCUT2D eigenvalue weighted by Crippen LogP contribution is 2.43. The SMILES string of the molecule is COc1cc(N2CCC(CN3CCN(c4ccc5c(c4)CN([C@H]4CCC(=O)NC4=O)C5=O)CC3)CC2)c(-c2cnn(C)c2)cc1Nc1ncc(Cl)c(Nc2ccc(-c3ccccc3F)cc2P(C)(C)=O)n1. The second-order valence-corrected chi connectivity index (χ2v) is 22.7. The predicted octanol–water partition coefficient (Wildman–Crippen LogP) is 7.88. The van der Waals surface area contributed by atoms with Gasteiger partial charge in [0, 0.05) is 117 Å². The molecule has 6 heterocycles. The molecule has 3 fully saturated rings. The number of methoxy groups -OCH3 is 1. The lowest BCUT2D eigenvalue weighted by Gasteiger charge is -2.40. The van der Waals surface area contributed by atoms with Crippen molar-refractivity contribution in [3.63, 3.8) is 0 Å². The number of piperazine rings is 1. The van der Waals surface area contributed by atoms with Gasteiger partial charge in [-0.05, 0) is 92.1 Å². The number of rotatable bonds is 13. The van der Waals surface area contributed by atoms with Gasteiger partial charge in [0.25, 0.3) is 5.91 Å². The second kappa shape index (κ2) is 19.8. The fourth-order valence-corrected chi connectivity index (χ4v) is 11.6. The number of nitrogens with zero attached hydrogens (tertiary/aromatic N) is 8. The lowest BCUT2D eigenvalue weighted by atomic mass is 9.94. The van der Waals surface area contributed by atoms with E-state index in [1.54, 1.807) is 66.4 Å². The molecule has 0 unspecified atom stereocenters. The van der Waals surface area contributed by atoms with Crippen LogP contribution in [0, 0.1) is 11.7 Å². The van der Waals surface area contributed by atoms with E-state index < -0.39 is 19.1 Å². The first-order valence-electron chi connectivity index (χ1n) is 23.9. The van der Waals surface area contributed by atoms with Gasteiger partial charge in [-0.1, -0.05) is 35.9 Å². The molecule has 4 aromatic carbocycles. The van der Waals surface area contributed by atoms with E-state index in [-0.39, 0.29) is 35.0 Å². The van der Waals surface area contributed by atoms with Crippen molar-refractivity contribution in [1.29, 1.82) is 0 Å². The summed E-state index contributed by atoms with van der Waals surface area (Å²) >= 11 is 6.68. The van der Waals surface area contributed by atoms with Gasteiger partial charge in [-0.2, -0.15) is 10.1 Å². The number of imide groups is 1. The molecule has 71 heavy (non-hydrogen) atoms. The van der Waals surface area contributed by atoms with Crippen LogP contribution in [0.4, 0.5) is 38.9 Å². The number of fused-ring (bicyclic) bond motifs is 1. The normalized spacial score (nSPS) is 17.9. The van der Waals surface area contributed by atoms with Crippen molar-refractivity contribution >= 4 is 76.3 Å². The van der Waals surface area contributed by atoms with Gasteiger partial charge in [-0.15, -0.1) is 0 Å². The summed E-state index contributed by atoms with van der Waals surface area (Å²) in [7, 11) is 0.664. The van der Waals surface area contributed by atoms with Crippen molar-refractivity contribution in [2.24, 2.45) is 13.0 Å². The number of aromatic nitrogens is 4. The van der Waals surface area contributed by atoms with Gasteiger partial charge in [-0.3, -0.25) is 29.3 Å². The van der Waals surface area contributed by atoms with Crippen LogP contribution in [0.3, 0.4) is 0 Å². The number of benzene rings is 4. The first-order chi connectivity index (χ1) is 34.2. The molecule has 3 saturated heterocycles. The molecule has 6 aromatic rings. The van der Waals surface area contributed by atoms with Crippen LogP contribution in [-0.4, -0.2) is 120 Å². The summed E-state index contributed by atoms with van der Waals surface area (Å²) < 4.78 is 36.2. The van der Waals surface area contributed by atoms with Crippen molar-refractivity contribution in [3.05, 3.63) is 113 Å². The standard InChI is InChI=1S/C52H56ClFN11O5P/c1-61-30-35(27-56-61)39-25-43(58-52-55-28-40(53)49(60-52)57-42-12-9-33(24-47(42)71(3,4)69)37-7-5-6-8-41(37)54)46(70-2)26-45(39)64-17-15-32(16-18-64)29-62-19-21-63(22-20-62)36-10-11-38-34(23-36)31-65(51(38)68)44-13-14-48(66)59-50(44)67/h5-12,23-28,30,32,44H,13-22,29,31H2,1-4H3,(H,59,66,67)(H2,55,57,58,60)/t44-/m0/s1. The molecule has 0 spiro atoms. The maximum Gasteiger partial charge on any atom is 0.255 e. The van der Waals surface area contributed by atoms with E-state index in [1.807, 2.05) is 37.6 Å². The van der Waals surface area contributed by atoms with E-state index >= 15 is 0 Å². The summed E-state index contributed by atoms with van der Waals surface area (Å²) in [5.41, 5.74) is 7.80. The highest BCUT2D eigenvalue weighted by molar-refractivity contribution is 7.70. The molecule has 0 saturated carbocycles. The molecule has 4 aliphatic rings. The van der Waals surface area contributed by atoms with Crippen LogP contribution in [0.1, 0.15) is 41.6 Å². The highest BCUT2D eigenvalue weighted by atomic mass is 35.5. The molecular weight excluding hydrogens is 944 g/mol. The van der Waals surface area contributed by atoms with E-state index in [4.69, 9.17) is 21.3 Å². The molecule has 10 rings (SSSR count). The Bertz CT molecular complexity index is 3090.